The van der Waals surface area contributed by atoms with Crippen molar-refractivity contribution >= 4 is 17.8 Å². The zero-order chi connectivity index (χ0) is 12.6. The number of aliphatic carboxylic acids is 2. The molecule has 0 aliphatic rings. The lowest BCUT2D eigenvalue weighted by Gasteiger charge is -2.12. The van der Waals surface area contributed by atoms with Crippen molar-refractivity contribution in [3.63, 3.8) is 0 Å². The molecule has 1 amide bonds. The third-order valence-electron chi connectivity index (χ3n) is 1.78. The lowest BCUT2D eigenvalue weighted by molar-refractivity contribution is -0.143. The molecular formula is C10H13NO5. The topological polar surface area (TPSA) is 104 Å². The molecule has 1 atom stereocenters. The van der Waals surface area contributed by atoms with Gasteiger partial charge in [-0.2, -0.15) is 0 Å². The fourth-order valence-corrected chi connectivity index (χ4v) is 0.977. The van der Waals surface area contributed by atoms with Crippen molar-refractivity contribution in [1.29, 1.82) is 0 Å². The molecule has 6 nitrogen and oxygen atoms in total. The quantitative estimate of drug-likeness (QED) is 0.524. The molecule has 0 aromatic carbocycles. The molecule has 0 spiro atoms. The summed E-state index contributed by atoms with van der Waals surface area (Å²) < 4.78 is 0. The summed E-state index contributed by atoms with van der Waals surface area (Å²) in [6.45, 7) is 0. The van der Waals surface area contributed by atoms with Crippen molar-refractivity contribution in [3.05, 3.63) is 0 Å². The van der Waals surface area contributed by atoms with Crippen molar-refractivity contribution in [2.75, 3.05) is 0 Å². The number of rotatable bonds is 7. The van der Waals surface area contributed by atoms with E-state index in [-0.39, 0.29) is 25.7 Å². The van der Waals surface area contributed by atoms with Crippen LogP contribution in [0.3, 0.4) is 0 Å². The number of nitrogens with one attached hydrogen (secondary N) is 1. The second kappa shape index (κ2) is 7.29. The summed E-state index contributed by atoms with van der Waals surface area (Å²) in [5.74, 6) is -0.603. The van der Waals surface area contributed by atoms with E-state index in [9.17, 15) is 14.4 Å². The normalized spacial score (nSPS) is 11.2. The Morgan fingerprint density at radius 3 is 2.31 bits per heavy atom. The Labute approximate surface area is 92.6 Å². The van der Waals surface area contributed by atoms with E-state index in [4.69, 9.17) is 16.6 Å². The summed E-state index contributed by atoms with van der Waals surface area (Å²) in [7, 11) is 0. The molecule has 0 bridgehead atoms. The van der Waals surface area contributed by atoms with Crippen molar-refractivity contribution in [3.8, 4) is 12.3 Å². The second-order valence-corrected chi connectivity index (χ2v) is 3.09. The summed E-state index contributed by atoms with van der Waals surface area (Å²) in [5, 5.41) is 19.3. The zero-order valence-corrected chi connectivity index (χ0v) is 8.60. The maximum atomic E-state index is 11.1. The Kier molecular flexibility index (Phi) is 6.36. The maximum Gasteiger partial charge on any atom is 0.326 e. The van der Waals surface area contributed by atoms with Gasteiger partial charge in [0.25, 0.3) is 0 Å². The molecule has 0 fully saturated rings. The highest BCUT2D eigenvalue weighted by Gasteiger charge is 2.20. The molecule has 0 aliphatic heterocycles. The van der Waals surface area contributed by atoms with Gasteiger partial charge in [-0.05, 0) is 6.42 Å². The van der Waals surface area contributed by atoms with Gasteiger partial charge < -0.3 is 15.5 Å². The van der Waals surface area contributed by atoms with Gasteiger partial charge in [-0.25, -0.2) is 4.79 Å². The number of amides is 1. The first kappa shape index (κ1) is 14.0. The van der Waals surface area contributed by atoms with Crippen molar-refractivity contribution in [1.82, 2.24) is 5.32 Å². The van der Waals surface area contributed by atoms with Gasteiger partial charge in [-0.15, -0.1) is 12.3 Å². The molecular weight excluding hydrogens is 214 g/mol. The summed E-state index contributed by atoms with van der Waals surface area (Å²) >= 11 is 0. The van der Waals surface area contributed by atoms with Crippen LogP contribution in [-0.4, -0.2) is 34.1 Å². The van der Waals surface area contributed by atoms with Gasteiger partial charge in [0.05, 0.1) is 0 Å². The molecule has 0 saturated carbocycles. The van der Waals surface area contributed by atoms with Crippen LogP contribution in [0.25, 0.3) is 0 Å². The highest BCUT2D eigenvalue weighted by atomic mass is 16.4. The number of carbonyl (C=O) groups excluding carboxylic acids is 1. The Bertz CT molecular complexity index is 318. The van der Waals surface area contributed by atoms with Crippen LogP contribution < -0.4 is 5.32 Å². The van der Waals surface area contributed by atoms with Crippen molar-refractivity contribution < 1.29 is 24.6 Å². The molecule has 0 aliphatic carbocycles. The summed E-state index contributed by atoms with van der Waals surface area (Å²) in [5.41, 5.74) is 0. The molecule has 16 heavy (non-hydrogen) atoms. The SMILES string of the molecule is C#CCCC(=O)N[C@@H](CCC(=O)O)C(=O)O. The van der Waals surface area contributed by atoms with Crippen LogP contribution in [0, 0.1) is 12.3 Å². The van der Waals surface area contributed by atoms with Gasteiger partial charge in [-0.1, -0.05) is 0 Å². The van der Waals surface area contributed by atoms with E-state index in [0.717, 1.165) is 0 Å². The minimum absolute atomic E-state index is 0.0351. The number of hydrogen-bond acceptors (Lipinski definition) is 3. The minimum Gasteiger partial charge on any atom is -0.481 e. The molecule has 0 radical (unpaired) electrons. The van der Waals surface area contributed by atoms with E-state index in [2.05, 4.69) is 11.2 Å². The van der Waals surface area contributed by atoms with Gasteiger partial charge in [-0.3, -0.25) is 9.59 Å². The number of carboxylic acid groups (broad SMARTS) is 2. The van der Waals surface area contributed by atoms with Crippen molar-refractivity contribution in [2.24, 2.45) is 0 Å². The van der Waals surface area contributed by atoms with Crippen LogP contribution in [0.2, 0.25) is 0 Å². The first-order chi connectivity index (χ1) is 7.47. The Balaban J connectivity index is 4.13. The molecule has 0 rings (SSSR count). The molecule has 0 saturated heterocycles. The fourth-order valence-electron chi connectivity index (χ4n) is 0.977. The van der Waals surface area contributed by atoms with Crippen LogP contribution in [0.1, 0.15) is 25.7 Å². The molecule has 0 aromatic rings. The van der Waals surface area contributed by atoms with E-state index in [1.807, 2.05) is 0 Å². The van der Waals surface area contributed by atoms with Crippen LogP contribution >= 0.6 is 0 Å². The first-order valence-electron chi connectivity index (χ1n) is 4.64. The zero-order valence-electron chi connectivity index (χ0n) is 8.60. The van der Waals surface area contributed by atoms with Gasteiger partial charge in [0.2, 0.25) is 5.91 Å². The van der Waals surface area contributed by atoms with Crippen LogP contribution in [0.5, 0.6) is 0 Å². The van der Waals surface area contributed by atoms with Crippen LogP contribution in [0.4, 0.5) is 0 Å². The van der Waals surface area contributed by atoms with E-state index < -0.39 is 23.9 Å². The number of terminal acetylenes is 1. The Morgan fingerprint density at radius 1 is 1.25 bits per heavy atom. The standard InChI is InChI=1S/C10H13NO5/c1-2-3-4-8(12)11-7(10(15)16)5-6-9(13)14/h1,7H,3-6H2,(H,11,12)(H,13,14)(H,15,16)/t7-/m0/s1. The van der Waals surface area contributed by atoms with Gasteiger partial charge in [0, 0.05) is 19.3 Å². The largest absolute Gasteiger partial charge is 0.481 e. The van der Waals surface area contributed by atoms with Gasteiger partial charge >= 0.3 is 11.9 Å². The van der Waals surface area contributed by atoms with Crippen LogP contribution in [-0.2, 0) is 14.4 Å². The average molecular weight is 227 g/mol. The van der Waals surface area contributed by atoms with E-state index in [1.54, 1.807) is 0 Å². The Morgan fingerprint density at radius 2 is 1.88 bits per heavy atom. The van der Waals surface area contributed by atoms with Crippen molar-refractivity contribution in [2.45, 2.75) is 31.7 Å². The summed E-state index contributed by atoms with van der Waals surface area (Å²) in [6, 6.07) is -1.18. The summed E-state index contributed by atoms with van der Waals surface area (Å²) in [6.07, 6.45) is 4.74. The van der Waals surface area contributed by atoms with E-state index >= 15 is 0 Å². The minimum atomic E-state index is -1.25. The third-order valence-corrected chi connectivity index (χ3v) is 1.78. The number of carboxylic acids is 2. The van der Waals surface area contributed by atoms with E-state index in [0.29, 0.717) is 0 Å². The van der Waals surface area contributed by atoms with Crippen LogP contribution in [0.15, 0.2) is 0 Å². The summed E-state index contributed by atoms with van der Waals surface area (Å²) in [4.78, 5) is 32.1. The third kappa shape index (κ3) is 6.43. The molecule has 6 heteroatoms. The smallest absolute Gasteiger partial charge is 0.326 e. The number of carbonyl (C=O) groups is 3. The lowest BCUT2D eigenvalue weighted by atomic mass is 10.1. The molecule has 0 heterocycles. The molecule has 0 aromatic heterocycles. The first-order valence-corrected chi connectivity index (χ1v) is 4.64. The monoisotopic (exact) mass is 227 g/mol. The second-order valence-electron chi connectivity index (χ2n) is 3.09. The van der Waals surface area contributed by atoms with Gasteiger partial charge in [0.15, 0.2) is 0 Å². The fraction of sp³-hybridized carbons (Fsp3) is 0.500. The van der Waals surface area contributed by atoms with Gasteiger partial charge in [0.1, 0.15) is 6.04 Å². The highest BCUT2D eigenvalue weighted by molar-refractivity contribution is 5.84. The Hall–Kier alpha value is -2.03. The predicted octanol–water partition coefficient (Wildman–Crippen LogP) is -0.166. The number of hydrogen-bond donors (Lipinski definition) is 3. The maximum absolute atomic E-state index is 11.1. The van der Waals surface area contributed by atoms with E-state index in [1.165, 1.54) is 0 Å². The lowest BCUT2D eigenvalue weighted by Crippen LogP contribution is -2.40. The molecule has 88 valence electrons. The highest BCUT2D eigenvalue weighted by Crippen LogP contribution is 1.99. The average Bonchev–Trinajstić information content (AvgIpc) is 2.20. The molecule has 3 N–H and O–H groups in total. The molecule has 0 unspecified atom stereocenters. The predicted molar refractivity (Wildman–Crippen MR) is 54.5 cm³/mol.